The fourth-order valence-electron chi connectivity index (χ4n) is 0.373. The first-order valence-electron chi connectivity index (χ1n) is 3.19. The van der Waals surface area contributed by atoms with Gasteiger partial charge in [-0.1, -0.05) is 19.9 Å². The first-order chi connectivity index (χ1) is 4.50. The molecule has 0 atom stereocenters. The van der Waals surface area contributed by atoms with Crippen molar-refractivity contribution in [2.24, 2.45) is 0 Å². The SMILES string of the molecule is C1=CSC=CNC1.CC. The van der Waals surface area contributed by atoms with Crippen LogP contribution in [-0.4, -0.2) is 6.54 Å². The largest absolute Gasteiger partial charge is 0.387 e. The number of rotatable bonds is 0. The van der Waals surface area contributed by atoms with Crippen LogP contribution < -0.4 is 5.32 Å². The van der Waals surface area contributed by atoms with Gasteiger partial charge >= 0.3 is 0 Å². The van der Waals surface area contributed by atoms with Crippen molar-refractivity contribution < 1.29 is 0 Å². The summed E-state index contributed by atoms with van der Waals surface area (Å²) in [6, 6.07) is 0. The second kappa shape index (κ2) is 7.63. The van der Waals surface area contributed by atoms with E-state index in [-0.39, 0.29) is 0 Å². The highest BCUT2D eigenvalue weighted by Crippen LogP contribution is 2.03. The Labute approximate surface area is 61.2 Å². The van der Waals surface area contributed by atoms with Gasteiger partial charge in [-0.2, -0.15) is 0 Å². The molecule has 1 rings (SSSR count). The molecule has 0 saturated carbocycles. The molecule has 1 N–H and O–H groups in total. The Morgan fingerprint density at radius 1 is 1.33 bits per heavy atom. The Kier molecular flexibility index (Phi) is 7.32. The zero-order chi connectivity index (χ0) is 6.95. The monoisotopic (exact) mass is 143 g/mol. The zero-order valence-electron chi connectivity index (χ0n) is 5.92. The summed E-state index contributed by atoms with van der Waals surface area (Å²) in [6.07, 6.45) is 4.04. The minimum absolute atomic E-state index is 0.962. The molecule has 9 heavy (non-hydrogen) atoms. The molecule has 0 spiro atoms. The van der Waals surface area contributed by atoms with Crippen molar-refractivity contribution >= 4 is 11.8 Å². The van der Waals surface area contributed by atoms with Gasteiger partial charge in [-0.15, -0.1) is 11.8 Å². The third kappa shape index (κ3) is 5.50. The fourth-order valence-corrected chi connectivity index (χ4v) is 0.845. The minimum atomic E-state index is 0.962. The predicted molar refractivity (Wildman–Crippen MR) is 45.2 cm³/mol. The molecule has 0 aliphatic carbocycles. The van der Waals surface area contributed by atoms with Gasteiger partial charge in [0.05, 0.1) is 0 Å². The van der Waals surface area contributed by atoms with Gasteiger partial charge in [-0.3, -0.25) is 0 Å². The van der Waals surface area contributed by atoms with E-state index in [1.807, 2.05) is 25.5 Å². The van der Waals surface area contributed by atoms with E-state index in [1.165, 1.54) is 0 Å². The lowest BCUT2D eigenvalue weighted by Crippen LogP contribution is -2.01. The molecule has 1 heterocycles. The van der Waals surface area contributed by atoms with Crippen molar-refractivity contribution in [1.82, 2.24) is 5.32 Å². The van der Waals surface area contributed by atoms with Crippen LogP contribution in [-0.2, 0) is 0 Å². The van der Waals surface area contributed by atoms with Crippen molar-refractivity contribution in [3.8, 4) is 0 Å². The molecule has 52 valence electrons. The summed E-state index contributed by atoms with van der Waals surface area (Å²) in [5.41, 5.74) is 0. The van der Waals surface area contributed by atoms with Gasteiger partial charge in [0.1, 0.15) is 0 Å². The van der Waals surface area contributed by atoms with E-state index in [0.717, 1.165) is 6.54 Å². The maximum Gasteiger partial charge on any atom is 0.0333 e. The zero-order valence-corrected chi connectivity index (χ0v) is 6.74. The van der Waals surface area contributed by atoms with Crippen molar-refractivity contribution in [3.05, 3.63) is 23.1 Å². The second-order valence-corrected chi connectivity index (χ2v) is 2.04. The molecule has 1 aliphatic rings. The molecule has 0 unspecified atom stereocenters. The maximum absolute atomic E-state index is 3.06. The lowest BCUT2D eigenvalue weighted by molar-refractivity contribution is 0.992. The van der Waals surface area contributed by atoms with Gasteiger partial charge in [-0.25, -0.2) is 0 Å². The standard InChI is InChI=1S/C5H7NS.C2H6/c1-2-6-3-5-7-4-1;1-2/h1,3-6H,2H2;1-2H3. The van der Waals surface area contributed by atoms with E-state index in [1.54, 1.807) is 11.8 Å². The molecule has 0 saturated heterocycles. The number of nitrogens with one attached hydrogen (secondary N) is 1. The molecule has 0 bridgehead atoms. The first-order valence-corrected chi connectivity index (χ1v) is 4.13. The maximum atomic E-state index is 3.06. The van der Waals surface area contributed by atoms with Crippen LogP contribution in [0.2, 0.25) is 0 Å². The third-order valence-corrected chi connectivity index (χ3v) is 1.32. The molecule has 1 nitrogen and oxygen atoms in total. The average molecular weight is 143 g/mol. The average Bonchev–Trinajstić information content (AvgIpc) is 2.21. The molecule has 0 amide bonds. The van der Waals surface area contributed by atoms with Gasteiger partial charge in [0.15, 0.2) is 0 Å². The van der Waals surface area contributed by atoms with Crippen LogP contribution in [0.5, 0.6) is 0 Å². The van der Waals surface area contributed by atoms with Crippen LogP contribution in [0.3, 0.4) is 0 Å². The van der Waals surface area contributed by atoms with Gasteiger partial charge in [0.2, 0.25) is 0 Å². The molecular formula is C7H13NS. The van der Waals surface area contributed by atoms with E-state index in [2.05, 4.69) is 16.8 Å². The summed E-state index contributed by atoms with van der Waals surface area (Å²) < 4.78 is 0. The lowest BCUT2D eigenvalue weighted by atomic mass is 10.6. The Bertz CT molecular complexity index is 85.1. The van der Waals surface area contributed by atoms with Crippen molar-refractivity contribution in [1.29, 1.82) is 0 Å². The van der Waals surface area contributed by atoms with E-state index in [0.29, 0.717) is 0 Å². The van der Waals surface area contributed by atoms with Crippen LogP contribution in [0.15, 0.2) is 23.1 Å². The molecule has 0 fully saturated rings. The molecule has 0 aromatic rings. The summed E-state index contributed by atoms with van der Waals surface area (Å²) in [4.78, 5) is 0. The Morgan fingerprint density at radius 2 is 2.11 bits per heavy atom. The number of hydrogen-bond donors (Lipinski definition) is 1. The number of thioether (sulfide) groups is 1. The highest BCUT2D eigenvalue weighted by atomic mass is 32.2. The predicted octanol–water partition coefficient (Wildman–Crippen LogP) is 2.33. The van der Waals surface area contributed by atoms with Gasteiger partial charge in [0, 0.05) is 12.7 Å². The minimum Gasteiger partial charge on any atom is -0.387 e. The molecule has 2 heteroatoms. The van der Waals surface area contributed by atoms with Gasteiger partial charge < -0.3 is 5.32 Å². The fraction of sp³-hybridized carbons (Fsp3) is 0.429. The van der Waals surface area contributed by atoms with Crippen LogP contribution in [0.1, 0.15) is 13.8 Å². The van der Waals surface area contributed by atoms with E-state index < -0.39 is 0 Å². The highest BCUT2D eigenvalue weighted by Gasteiger charge is 1.77. The normalized spacial score (nSPS) is 14.9. The molecule has 0 aromatic heterocycles. The van der Waals surface area contributed by atoms with Crippen LogP contribution >= 0.6 is 11.8 Å². The summed E-state index contributed by atoms with van der Waals surface area (Å²) in [7, 11) is 0. The lowest BCUT2D eigenvalue weighted by Gasteiger charge is -1.84. The van der Waals surface area contributed by atoms with Crippen molar-refractivity contribution in [2.75, 3.05) is 6.54 Å². The van der Waals surface area contributed by atoms with E-state index in [9.17, 15) is 0 Å². The molecule has 0 aromatic carbocycles. The van der Waals surface area contributed by atoms with Gasteiger partial charge in [-0.05, 0) is 10.8 Å². The molecular weight excluding hydrogens is 130 g/mol. The van der Waals surface area contributed by atoms with E-state index in [4.69, 9.17) is 0 Å². The van der Waals surface area contributed by atoms with Crippen LogP contribution in [0.4, 0.5) is 0 Å². The van der Waals surface area contributed by atoms with Gasteiger partial charge in [0.25, 0.3) is 0 Å². The Balaban J connectivity index is 0.000000291. The van der Waals surface area contributed by atoms with E-state index >= 15 is 0 Å². The summed E-state index contributed by atoms with van der Waals surface area (Å²) >= 11 is 1.69. The Hall–Kier alpha value is -0.370. The first kappa shape index (κ1) is 8.63. The molecule has 1 aliphatic heterocycles. The van der Waals surface area contributed by atoms with Crippen molar-refractivity contribution in [2.45, 2.75) is 13.8 Å². The summed E-state index contributed by atoms with van der Waals surface area (Å²) in [5, 5.41) is 7.14. The topological polar surface area (TPSA) is 12.0 Å². The molecule has 0 radical (unpaired) electrons. The highest BCUT2D eigenvalue weighted by molar-refractivity contribution is 8.04. The smallest absolute Gasteiger partial charge is 0.0333 e. The van der Waals surface area contributed by atoms with Crippen molar-refractivity contribution in [3.63, 3.8) is 0 Å². The quantitative estimate of drug-likeness (QED) is 0.558. The summed E-state index contributed by atoms with van der Waals surface area (Å²) in [5.74, 6) is 0. The third-order valence-electron chi connectivity index (χ3n) is 0.675. The Morgan fingerprint density at radius 3 is 2.89 bits per heavy atom. The number of hydrogen-bond acceptors (Lipinski definition) is 2. The van der Waals surface area contributed by atoms with Crippen LogP contribution in [0, 0.1) is 0 Å². The van der Waals surface area contributed by atoms with Crippen LogP contribution in [0.25, 0.3) is 0 Å². The second-order valence-electron chi connectivity index (χ2n) is 1.22. The summed E-state index contributed by atoms with van der Waals surface area (Å²) in [6.45, 7) is 4.96.